The van der Waals surface area contributed by atoms with E-state index in [1.54, 1.807) is 40.9 Å². The van der Waals surface area contributed by atoms with E-state index in [4.69, 9.17) is 14.5 Å². The topological polar surface area (TPSA) is 188 Å². The Morgan fingerprint density at radius 1 is 1.11 bits per heavy atom. The summed E-state index contributed by atoms with van der Waals surface area (Å²) in [6.07, 6.45) is 4.72. The Morgan fingerprint density at radius 2 is 1.81 bits per heavy atom. The Bertz CT molecular complexity index is 2060. The Balaban J connectivity index is 1.42. The first-order valence-electron chi connectivity index (χ1n) is 19.8. The highest BCUT2D eigenvalue weighted by atomic mass is 32.2. The number of nitrogens with zero attached hydrogens (tertiary/aromatic N) is 4. The zero-order valence-electron chi connectivity index (χ0n) is 34.5. The van der Waals surface area contributed by atoms with Crippen molar-refractivity contribution in [1.82, 2.24) is 24.8 Å². The fraction of sp³-hybridized carbons (Fsp3) is 0.634. The van der Waals surface area contributed by atoms with Gasteiger partial charge in [-0.3, -0.25) is 24.0 Å². The van der Waals surface area contributed by atoms with E-state index in [0.717, 1.165) is 11.8 Å². The molecule has 3 heterocycles. The summed E-state index contributed by atoms with van der Waals surface area (Å²) in [5.74, 6) is -1.31. The number of nitrogens with one attached hydrogen (secondary N) is 2. The van der Waals surface area contributed by atoms with Crippen LogP contribution in [-0.4, -0.2) is 114 Å². The molecule has 2 aliphatic heterocycles. The van der Waals surface area contributed by atoms with Crippen molar-refractivity contribution in [1.29, 1.82) is 0 Å². The Hall–Kier alpha value is -4.60. The number of hydrogen-bond acceptors (Lipinski definition) is 10. The lowest BCUT2D eigenvalue weighted by molar-refractivity contribution is -0.146. The number of fused-ring (bicyclic) bond motifs is 3. The van der Waals surface area contributed by atoms with Gasteiger partial charge in [0.05, 0.1) is 18.4 Å². The normalized spacial score (nSPS) is 29.5. The minimum Gasteiger partial charge on any atom is -0.497 e. The summed E-state index contributed by atoms with van der Waals surface area (Å²) in [4.78, 5) is 66.0. The zero-order chi connectivity index (χ0) is 41.8. The van der Waals surface area contributed by atoms with Crippen LogP contribution < -0.4 is 24.4 Å². The van der Waals surface area contributed by atoms with Gasteiger partial charge < -0.3 is 29.7 Å². The highest BCUT2D eigenvalue weighted by Crippen LogP contribution is 2.48. The molecule has 15 nitrogen and oxygen atoms in total. The Morgan fingerprint density at radius 3 is 2.42 bits per heavy atom. The first-order valence-corrected chi connectivity index (χ1v) is 21.3. The molecule has 3 fully saturated rings. The van der Waals surface area contributed by atoms with Gasteiger partial charge in [0.15, 0.2) is 0 Å². The standard InChI is InChI=1S/C41H58N6O9S/c1-24-12-10-11-13-27-22-41(27,37(50)44-57(53,54)40(6)16-17-40)43-34(48)31-21-29(23-46(31)36(49)33(25(2)18-24)47(38(51)52)39(3,4)5)56-35-30-15-14-28(55-9)19-26(30)20-32(42-35)45(7)8/h11,13-15,19-20,24-25,27,29,31,33H,10,12,16-18,21-23H2,1-9H3,(H,43,48)(H,44,50)(H,51,52)/b13-11-/t24-,25-,27-,29-,31+,33+,41-/m1/s1. The smallest absolute Gasteiger partial charge is 0.408 e. The number of pyridine rings is 1. The third-order valence-corrected chi connectivity index (χ3v) is 14.3. The molecule has 0 bridgehead atoms. The van der Waals surface area contributed by atoms with Crippen molar-refractivity contribution in [2.45, 2.75) is 121 Å². The SMILES string of the molecule is COc1ccc2c(O[C@@H]3C[C@H]4C(=O)N[C@]5(C(=O)NS(=O)(=O)C6(C)CC6)C[C@H]5/C=C\CC[C@@H](C)C[C@@H](C)[C@H](N(C(=O)O)C(C)(C)C)C(=O)N4C3)nc(N(C)C)cc2c1. The van der Waals surface area contributed by atoms with Crippen molar-refractivity contribution in [3.63, 3.8) is 0 Å². The average molecular weight is 811 g/mol. The average Bonchev–Trinajstić information content (AvgIpc) is 4.00. The predicted molar refractivity (Wildman–Crippen MR) is 216 cm³/mol. The number of benzene rings is 1. The van der Waals surface area contributed by atoms with Gasteiger partial charge in [0, 0.05) is 37.4 Å². The van der Waals surface area contributed by atoms with Gasteiger partial charge in [-0.05, 0) is 108 Å². The minimum absolute atomic E-state index is 0.00222. The fourth-order valence-corrected chi connectivity index (χ4v) is 9.67. The van der Waals surface area contributed by atoms with Crippen LogP contribution in [0.4, 0.5) is 10.6 Å². The Kier molecular flexibility index (Phi) is 11.3. The number of anilines is 1. The van der Waals surface area contributed by atoms with Gasteiger partial charge in [-0.1, -0.05) is 26.0 Å². The van der Waals surface area contributed by atoms with Crippen molar-refractivity contribution in [2.75, 3.05) is 32.6 Å². The van der Waals surface area contributed by atoms with Crippen molar-refractivity contribution in [3.8, 4) is 11.6 Å². The Labute approximate surface area is 335 Å². The highest BCUT2D eigenvalue weighted by molar-refractivity contribution is 7.91. The molecule has 312 valence electrons. The number of aromatic nitrogens is 1. The lowest BCUT2D eigenvalue weighted by atomic mass is 9.85. The number of hydrogen-bond donors (Lipinski definition) is 3. The van der Waals surface area contributed by atoms with Crippen LogP contribution in [0.5, 0.6) is 11.6 Å². The summed E-state index contributed by atoms with van der Waals surface area (Å²) in [5.41, 5.74) is -2.54. The molecule has 0 radical (unpaired) electrons. The van der Waals surface area contributed by atoms with Crippen LogP contribution in [-0.2, 0) is 24.4 Å². The molecule has 16 heteroatoms. The molecule has 1 aromatic heterocycles. The second-order valence-corrected chi connectivity index (χ2v) is 20.2. The number of allylic oxidation sites excluding steroid dienone is 1. The van der Waals surface area contributed by atoms with Crippen LogP contribution in [0.25, 0.3) is 10.8 Å². The third-order valence-electron chi connectivity index (χ3n) is 12.1. The van der Waals surface area contributed by atoms with Gasteiger partial charge in [0.1, 0.15) is 35.3 Å². The van der Waals surface area contributed by atoms with Crippen LogP contribution >= 0.6 is 0 Å². The largest absolute Gasteiger partial charge is 0.497 e. The van der Waals surface area contributed by atoms with Gasteiger partial charge in [0.25, 0.3) is 5.91 Å². The number of methoxy groups -OCH3 is 1. The predicted octanol–water partition coefficient (Wildman–Crippen LogP) is 4.69. The molecule has 4 aliphatic rings. The molecule has 7 atom stereocenters. The van der Waals surface area contributed by atoms with Crippen molar-refractivity contribution >= 4 is 50.4 Å². The fourth-order valence-electron chi connectivity index (χ4n) is 8.36. The number of rotatable bonds is 8. The molecular formula is C41H58N6O9S. The molecule has 3 N–H and O–H groups in total. The maximum absolute atomic E-state index is 15.1. The van der Waals surface area contributed by atoms with Crippen molar-refractivity contribution < 1.29 is 42.2 Å². The van der Waals surface area contributed by atoms with Gasteiger partial charge in [-0.15, -0.1) is 0 Å². The number of amides is 4. The monoisotopic (exact) mass is 810 g/mol. The molecule has 6 rings (SSSR count). The number of carbonyl (C=O) groups is 4. The summed E-state index contributed by atoms with van der Waals surface area (Å²) < 4.78 is 39.8. The lowest BCUT2D eigenvalue weighted by Crippen LogP contribution is -2.62. The van der Waals surface area contributed by atoms with E-state index in [0.29, 0.717) is 42.6 Å². The summed E-state index contributed by atoms with van der Waals surface area (Å²) in [5, 5.41) is 15.0. The number of ether oxygens (including phenoxy) is 2. The number of carboxylic acid groups (broad SMARTS) is 1. The van der Waals surface area contributed by atoms with E-state index in [9.17, 15) is 27.9 Å². The lowest BCUT2D eigenvalue weighted by Gasteiger charge is -2.43. The second kappa shape index (κ2) is 15.3. The number of sulfonamides is 1. The van der Waals surface area contributed by atoms with Crippen molar-refractivity contribution in [2.24, 2.45) is 17.8 Å². The van der Waals surface area contributed by atoms with E-state index in [-0.39, 0.29) is 31.2 Å². The van der Waals surface area contributed by atoms with Gasteiger partial charge in [-0.25, -0.2) is 13.2 Å². The van der Waals surface area contributed by atoms with Gasteiger partial charge in [-0.2, -0.15) is 4.98 Å². The molecule has 1 aromatic carbocycles. The first-order chi connectivity index (χ1) is 26.6. The summed E-state index contributed by atoms with van der Waals surface area (Å²) in [7, 11) is 1.25. The maximum Gasteiger partial charge on any atom is 0.408 e. The molecule has 0 unspecified atom stereocenters. The molecule has 0 spiro atoms. The number of carbonyl (C=O) groups excluding carboxylic acids is 3. The first kappa shape index (κ1) is 42.0. The molecule has 1 saturated heterocycles. The van der Waals surface area contributed by atoms with Crippen LogP contribution in [0.3, 0.4) is 0 Å². The molecule has 2 saturated carbocycles. The van der Waals surface area contributed by atoms with Crippen LogP contribution in [0.15, 0.2) is 36.4 Å². The van der Waals surface area contributed by atoms with Crippen molar-refractivity contribution in [3.05, 3.63) is 36.4 Å². The highest BCUT2D eigenvalue weighted by Gasteiger charge is 2.63. The molecular weight excluding hydrogens is 753 g/mol. The summed E-state index contributed by atoms with van der Waals surface area (Å²) in [6.45, 7) is 10.7. The van der Waals surface area contributed by atoms with E-state index >= 15 is 4.79 Å². The van der Waals surface area contributed by atoms with Gasteiger partial charge >= 0.3 is 6.09 Å². The molecule has 2 aromatic rings. The van der Waals surface area contributed by atoms with Crippen LogP contribution in [0.1, 0.15) is 86.5 Å². The third kappa shape index (κ3) is 8.37. The molecule has 4 amide bonds. The van der Waals surface area contributed by atoms with Crippen LogP contribution in [0.2, 0.25) is 0 Å². The summed E-state index contributed by atoms with van der Waals surface area (Å²) >= 11 is 0. The molecule has 57 heavy (non-hydrogen) atoms. The quantitative estimate of drug-likeness (QED) is 0.314. The van der Waals surface area contributed by atoms with Crippen LogP contribution in [0, 0.1) is 17.8 Å². The van der Waals surface area contributed by atoms with E-state index < -0.39 is 79.7 Å². The zero-order valence-corrected chi connectivity index (χ0v) is 35.3. The second-order valence-electron chi connectivity index (χ2n) is 18.0. The van der Waals surface area contributed by atoms with Gasteiger partial charge in [0.2, 0.25) is 27.7 Å². The van der Waals surface area contributed by atoms with E-state index in [1.807, 2.05) is 56.3 Å². The van der Waals surface area contributed by atoms with E-state index in [2.05, 4.69) is 17.0 Å². The molecule has 2 aliphatic carbocycles. The summed E-state index contributed by atoms with van der Waals surface area (Å²) in [6, 6.07) is 5.03. The maximum atomic E-state index is 15.1. The minimum atomic E-state index is -4.02. The van der Waals surface area contributed by atoms with E-state index in [1.165, 1.54) is 9.80 Å².